The van der Waals surface area contributed by atoms with Crippen LogP contribution in [0, 0.1) is 25.2 Å². The van der Waals surface area contributed by atoms with Gasteiger partial charge < -0.3 is 5.32 Å². The summed E-state index contributed by atoms with van der Waals surface area (Å²) in [4.78, 5) is 34.9. The number of aromatic nitrogens is 2. The van der Waals surface area contributed by atoms with Crippen molar-refractivity contribution in [1.29, 1.82) is 5.26 Å². The summed E-state index contributed by atoms with van der Waals surface area (Å²) >= 11 is 1.20. The van der Waals surface area contributed by atoms with Gasteiger partial charge in [-0.3, -0.25) is 14.5 Å². The fraction of sp³-hybridized carbons (Fsp3) is 0.278. The first kappa shape index (κ1) is 17.9. The molecule has 1 aliphatic heterocycles. The first-order valence-corrected chi connectivity index (χ1v) is 8.91. The Bertz CT molecular complexity index is 938. The molecule has 0 saturated heterocycles. The Hall–Kier alpha value is -2.92. The van der Waals surface area contributed by atoms with Crippen molar-refractivity contribution in [2.24, 2.45) is 0 Å². The summed E-state index contributed by atoms with van der Waals surface area (Å²) in [5.74, 6) is 0.0992. The number of aryl methyl sites for hydroxylation is 2. The average Bonchev–Trinajstić information content (AvgIpc) is 2.60. The molecular formula is C18H17N5O2S. The average molecular weight is 367 g/mol. The lowest BCUT2D eigenvalue weighted by molar-refractivity contribution is -0.121. The standard InChI is InChI=1S/C18H17N5O2S/c1-10-13(8-19)17(21-12(3)20-10)26-11(2)18(25)23-9-16(24)22-14-6-4-5-7-15(14)23/h4-7,11H,9H2,1-3H3,(H,22,24). The second kappa shape index (κ2) is 7.14. The smallest absolute Gasteiger partial charge is 0.244 e. The monoisotopic (exact) mass is 367 g/mol. The minimum absolute atomic E-state index is 0.0340. The maximum Gasteiger partial charge on any atom is 0.244 e. The molecule has 0 radical (unpaired) electrons. The molecule has 0 aliphatic carbocycles. The van der Waals surface area contributed by atoms with Crippen LogP contribution in [0.25, 0.3) is 0 Å². The van der Waals surface area contributed by atoms with Crippen molar-refractivity contribution in [3.8, 4) is 6.07 Å². The van der Waals surface area contributed by atoms with E-state index in [4.69, 9.17) is 0 Å². The summed E-state index contributed by atoms with van der Waals surface area (Å²) in [6, 6.07) is 9.28. The molecule has 0 fully saturated rings. The van der Waals surface area contributed by atoms with Crippen LogP contribution in [0.4, 0.5) is 11.4 Å². The van der Waals surface area contributed by atoms with E-state index in [1.165, 1.54) is 16.7 Å². The summed E-state index contributed by atoms with van der Waals surface area (Å²) < 4.78 is 0. The first-order valence-electron chi connectivity index (χ1n) is 8.03. The number of benzene rings is 1. The van der Waals surface area contributed by atoms with E-state index in [1.807, 2.05) is 6.07 Å². The predicted octanol–water partition coefficient (Wildman–Crippen LogP) is 2.43. The van der Waals surface area contributed by atoms with Gasteiger partial charge in [-0.05, 0) is 32.9 Å². The maximum absolute atomic E-state index is 13.0. The van der Waals surface area contributed by atoms with E-state index in [0.29, 0.717) is 33.5 Å². The number of fused-ring (bicyclic) bond motifs is 1. The van der Waals surface area contributed by atoms with Crippen LogP contribution < -0.4 is 10.2 Å². The van der Waals surface area contributed by atoms with Gasteiger partial charge in [-0.2, -0.15) is 5.26 Å². The largest absolute Gasteiger partial charge is 0.323 e. The number of para-hydroxylation sites is 2. The van der Waals surface area contributed by atoms with E-state index in [-0.39, 0.29) is 18.4 Å². The van der Waals surface area contributed by atoms with Gasteiger partial charge in [-0.15, -0.1) is 0 Å². The van der Waals surface area contributed by atoms with Gasteiger partial charge in [0.15, 0.2) is 0 Å². The van der Waals surface area contributed by atoms with Crippen LogP contribution in [-0.2, 0) is 9.59 Å². The van der Waals surface area contributed by atoms with Gasteiger partial charge >= 0.3 is 0 Å². The van der Waals surface area contributed by atoms with E-state index >= 15 is 0 Å². The van der Waals surface area contributed by atoms with E-state index < -0.39 is 5.25 Å². The van der Waals surface area contributed by atoms with Crippen molar-refractivity contribution < 1.29 is 9.59 Å². The third kappa shape index (κ3) is 3.39. The van der Waals surface area contributed by atoms with Gasteiger partial charge in [0.05, 0.1) is 22.3 Å². The number of carbonyl (C=O) groups is 2. The van der Waals surface area contributed by atoms with Crippen LogP contribution in [0.5, 0.6) is 0 Å². The van der Waals surface area contributed by atoms with Gasteiger partial charge in [-0.1, -0.05) is 23.9 Å². The van der Waals surface area contributed by atoms with Crippen molar-refractivity contribution >= 4 is 35.0 Å². The zero-order valence-corrected chi connectivity index (χ0v) is 15.4. The van der Waals surface area contributed by atoms with Gasteiger partial charge in [0.25, 0.3) is 0 Å². The number of thioether (sulfide) groups is 1. The molecule has 1 aromatic heterocycles. The zero-order valence-electron chi connectivity index (χ0n) is 14.6. The van der Waals surface area contributed by atoms with E-state index in [9.17, 15) is 14.9 Å². The minimum atomic E-state index is -0.519. The molecule has 1 aromatic carbocycles. The van der Waals surface area contributed by atoms with Crippen molar-refractivity contribution in [2.45, 2.75) is 31.0 Å². The third-order valence-electron chi connectivity index (χ3n) is 3.95. The predicted molar refractivity (Wildman–Crippen MR) is 99.0 cm³/mol. The topological polar surface area (TPSA) is 99.0 Å². The minimum Gasteiger partial charge on any atom is -0.323 e. The molecule has 2 aromatic rings. The molecule has 0 spiro atoms. The van der Waals surface area contributed by atoms with Crippen LogP contribution in [0.2, 0.25) is 0 Å². The third-order valence-corrected chi connectivity index (χ3v) is 5.03. The number of carbonyl (C=O) groups excluding carboxylic acids is 2. The normalized spacial score (nSPS) is 14.2. The van der Waals surface area contributed by atoms with Crippen LogP contribution >= 0.6 is 11.8 Å². The highest BCUT2D eigenvalue weighted by Crippen LogP contribution is 2.33. The number of amides is 2. The molecule has 132 valence electrons. The number of anilines is 2. The van der Waals surface area contributed by atoms with Crippen molar-refractivity contribution in [3.63, 3.8) is 0 Å². The molecule has 1 atom stereocenters. The molecule has 1 aliphatic rings. The van der Waals surface area contributed by atoms with Gasteiger partial charge in [-0.25, -0.2) is 9.97 Å². The second-order valence-electron chi connectivity index (χ2n) is 5.90. The quantitative estimate of drug-likeness (QED) is 0.661. The zero-order chi connectivity index (χ0) is 18.8. The highest BCUT2D eigenvalue weighted by Gasteiger charge is 2.30. The summed E-state index contributed by atoms with van der Waals surface area (Å²) in [7, 11) is 0. The van der Waals surface area contributed by atoms with Crippen LogP contribution in [0.15, 0.2) is 29.3 Å². The number of nitriles is 1. The summed E-state index contributed by atoms with van der Waals surface area (Å²) in [5.41, 5.74) is 2.24. The van der Waals surface area contributed by atoms with E-state index in [1.54, 1.807) is 39.0 Å². The van der Waals surface area contributed by atoms with Gasteiger partial charge in [0, 0.05) is 0 Å². The second-order valence-corrected chi connectivity index (χ2v) is 7.23. The first-order chi connectivity index (χ1) is 12.4. The molecule has 3 rings (SSSR count). The fourth-order valence-electron chi connectivity index (χ4n) is 2.76. The summed E-state index contributed by atoms with van der Waals surface area (Å²) in [5, 5.41) is 12.1. The molecular weight excluding hydrogens is 350 g/mol. The molecule has 2 amide bonds. The van der Waals surface area contributed by atoms with Crippen LogP contribution in [0.1, 0.15) is 24.0 Å². The Labute approximate surface area is 155 Å². The number of nitrogens with one attached hydrogen (secondary N) is 1. The Morgan fingerprint density at radius 3 is 2.81 bits per heavy atom. The van der Waals surface area contributed by atoms with E-state index in [0.717, 1.165) is 0 Å². The Kier molecular flexibility index (Phi) is 4.91. The molecule has 8 heteroatoms. The van der Waals surface area contributed by atoms with Crippen LogP contribution in [-0.4, -0.2) is 33.6 Å². The lowest BCUT2D eigenvalue weighted by atomic mass is 10.2. The Morgan fingerprint density at radius 2 is 2.08 bits per heavy atom. The molecule has 1 unspecified atom stereocenters. The highest BCUT2D eigenvalue weighted by atomic mass is 32.2. The number of hydrogen-bond acceptors (Lipinski definition) is 6. The molecule has 0 bridgehead atoms. The van der Waals surface area contributed by atoms with Gasteiger partial charge in [0.1, 0.15) is 29.0 Å². The number of rotatable bonds is 3. The molecule has 0 saturated carbocycles. The summed E-state index contributed by atoms with van der Waals surface area (Å²) in [6.45, 7) is 5.20. The number of hydrogen-bond donors (Lipinski definition) is 1. The Balaban J connectivity index is 1.88. The Morgan fingerprint density at radius 1 is 1.35 bits per heavy atom. The van der Waals surface area contributed by atoms with Crippen LogP contribution in [0.3, 0.4) is 0 Å². The van der Waals surface area contributed by atoms with Crippen molar-refractivity contribution in [1.82, 2.24) is 9.97 Å². The maximum atomic E-state index is 13.0. The highest BCUT2D eigenvalue weighted by molar-refractivity contribution is 8.00. The summed E-state index contributed by atoms with van der Waals surface area (Å²) in [6.07, 6.45) is 0. The lowest BCUT2D eigenvalue weighted by Gasteiger charge is -2.30. The molecule has 7 nitrogen and oxygen atoms in total. The SMILES string of the molecule is Cc1nc(C)c(C#N)c(SC(C)C(=O)N2CC(=O)Nc3ccccc32)n1. The fourth-order valence-corrected chi connectivity index (χ4v) is 3.82. The molecule has 2 heterocycles. The van der Waals surface area contributed by atoms with Crippen molar-refractivity contribution in [2.75, 3.05) is 16.8 Å². The lowest BCUT2D eigenvalue weighted by Crippen LogP contribution is -2.45. The number of nitrogens with zero attached hydrogens (tertiary/aromatic N) is 4. The molecule has 1 N–H and O–H groups in total. The van der Waals surface area contributed by atoms with Gasteiger partial charge in [0.2, 0.25) is 11.8 Å². The van der Waals surface area contributed by atoms with Crippen molar-refractivity contribution in [3.05, 3.63) is 41.3 Å². The molecule has 26 heavy (non-hydrogen) atoms. The van der Waals surface area contributed by atoms with E-state index in [2.05, 4.69) is 21.4 Å².